The lowest BCUT2D eigenvalue weighted by Gasteiger charge is -2.13. The molecule has 2 amide bonds. The van der Waals surface area contributed by atoms with Gasteiger partial charge in [-0.2, -0.15) is 0 Å². The molecule has 0 saturated carbocycles. The van der Waals surface area contributed by atoms with E-state index in [0.717, 1.165) is 5.56 Å². The zero-order chi connectivity index (χ0) is 16.8. The van der Waals surface area contributed by atoms with Gasteiger partial charge in [-0.25, -0.2) is 0 Å². The Balaban J connectivity index is 1.83. The third-order valence-electron chi connectivity index (χ3n) is 3.01. The highest BCUT2D eigenvalue weighted by Crippen LogP contribution is 2.25. The maximum atomic E-state index is 11.7. The van der Waals surface area contributed by atoms with E-state index >= 15 is 0 Å². The van der Waals surface area contributed by atoms with Crippen LogP contribution in [0.2, 0.25) is 0 Å². The number of hydrazine groups is 1. The number of ether oxygens (including phenoxy) is 1. The summed E-state index contributed by atoms with van der Waals surface area (Å²) in [7, 11) is 0. The molecule has 0 unspecified atom stereocenters. The predicted octanol–water partition coefficient (Wildman–Crippen LogP) is 3.01. The van der Waals surface area contributed by atoms with Crippen LogP contribution in [0.5, 0.6) is 5.75 Å². The first-order valence-corrected chi connectivity index (χ1v) is 7.83. The van der Waals surface area contributed by atoms with Gasteiger partial charge in [0.1, 0.15) is 5.75 Å². The standard InChI is InChI=1S/C16H17BrN2O4/c1-10(2)11-5-3-4-6-12(11)22-9-15(20)18-19-16(21)13-7-8-14(17)23-13/h3-8,10H,9H2,1-2H3,(H,18,20)(H,19,21). The van der Waals surface area contributed by atoms with Gasteiger partial charge in [0.25, 0.3) is 5.91 Å². The van der Waals surface area contributed by atoms with Crippen molar-refractivity contribution in [2.24, 2.45) is 0 Å². The first kappa shape index (κ1) is 17.1. The van der Waals surface area contributed by atoms with Crippen molar-refractivity contribution in [1.82, 2.24) is 10.9 Å². The lowest BCUT2D eigenvalue weighted by Crippen LogP contribution is -2.43. The van der Waals surface area contributed by atoms with E-state index in [1.165, 1.54) is 6.07 Å². The molecule has 2 N–H and O–H groups in total. The van der Waals surface area contributed by atoms with Crippen LogP contribution in [0.25, 0.3) is 0 Å². The summed E-state index contributed by atoms with van der Waals surface area (Å²) in [6.07, 6.45) is 0. The molecule has 2 aromatic rings. The molecule has 0 aliphatic carbocycles. The second-order valence-electron chi connectivity index (χ2n) is 5.09. The molecule has 0 fully saturated rings. The first-order valence-electron chi connectivity index (χ1n) is 7.03. The monoisotopic (exact) mass is 380 g/mol. The molecule has 0 aliphatic heterocycles. The Morgan fingerprint density at radius 2 is 1.91 bits per heavy atom. The second-order valence-corrected chi connectivity index (χ2v) is 5.87. The van der Waals surface area contributed by atoms with Gasteiger partial charge in [0, 0.05) is 0 Å². The Hall–Kier alpha value is -2.28. The molecule has 0 aliphatic rings. The zero-order valence-electron chi connectivity index (χ0n) is 12.8. The minimum atomic E-state index is -0.549. The van der Waals surface area contributed by atoms with E-state index in [1.807, 2.05) is 38.1 Å². The lowest BCUT2D eigenvalue weighted by atomic mass is 10.0. The average molecular weight is 381 g/mol. The fourth-order valence-electron chi connectivity index (χ4n) is 1.89. The minimum absolute atomic E-state index is 0.0863. The van der Waals surface area contributed by atoms with Crippen LogP contribution in [0.1, 0.15) is 35.9 Å². The maximum absolute atomic E-state index is 11.7. The van der Waals surface area contributed by atoms with Gasteiger partial charge in [-0.3, -0.25) is 20.4 Å². The third-order valence-corrected chi connectivity index (χ3v) is 3.44. The van der Waals surface area contributed by atoms with E-state index < -0.39 is 11.8 Å². The fraction of sp³-hybridized carbons (Fsp3) is 0.250. The van der Waals surface area contributed by atoms with E-state index in [4.69, 9.17) is 9.15 Å². The highest BCUT2D eigenvalue weighted by Gasteiger charge is 2.12. The Morgan fingerprint density at radius 1 is 1.17 bits per heavy atom. The van der Waals surface area contributed by atoms with Crippen molar-refractivity contribution in [3.8, 4) is 5.75 Å². The molecule has 0 radical (unpaired) electrons. The topological polar surface area (TPSA) is 80.6 Å². The highest BCUT2D eigenvalue weighted by atomic mass is 79.9. The number of halogens is 1. The number of benzene rings is 1. The second kappa shape index (κ2) is 7.82. The van der Waals surface area contributed by atoms with Crippen LogP contribution >= 0.6 is 15.9 Å². The molecular weight excluding hydrogens is 364 g/mol. The Kier molecular flexibility index (Phi) is 5.81. The van der Waals surface area contributed by atoms with Crippen molar-refractivity contribution in [1.29, 1.82) is 0 Å². The number of rotatable bonds is 5. The summed E-state index contributed by atoms with van der Waals surface area (Å²) < 4.78 is 11.0. The molecule has 0 atom stereocenters. The van der Waals surface area contributed by atoms with Crippen molar-refractivity contribution in [2.75, 3.05) is 6.61 Å². The van der Waals surface area contributed by atoms with E-state index in [1.54, 1.807) is 6.07 Å². The number of carbonyl (C=O) groups excluding carboxylic acids is 2. The number of hydrogen-bond acceptors (Lipinski definition) is 4. The molecule has 7 heteroatoms. The van der Waals surface area contributed by atoms with E-state index in [-0.39, 0.29) is 18.3 Å². The summed E-state index contributed by atoms with van der Waals surface area (Å²) in [5.41, 5.74) is 5.54. The lowest BCUT2D eigenvalue weighted by molar-refractivity contribution is -0.123. The SMILES string of the molecule is CC(C)c1ccccc1OCC(=O)NNC(=O)c1ccc(Br)o1. The van der Waals surface area contributed by atoms with Gasteiger partial charge in [-0.15, -0.1) is 0 Å². The largest absolute Gasteiger partial charge is 0.483 e. The molecule has 23 heavy (non-hydrogen) atoms. The van der Waals surface area contributed by atoms with Gasteiger partial charge < -0.3 is 9.15 Å². The number of carbonyl (C=O) groups is 2. The van der Waals surface area contributed by atoms with E-state index in [0.29, 0.717) is 10.4 Å². The van der Waals surface area contributed by atoms with Crippen LogP contribution in [-0.4, -0.2) is 18.4 Å². The van der Waals surface area contributed by atoms with Crippen LogP contribution < -0.4 is 15.6 Å². The van der Waals surface area contributed by atoms with Crippen LogP contribution in [0, 0.1) is 0 Å². The molecule has 122 valence electrons. The number of nitrogens with one attached hydrogen (secondary N) is 2. The van der Waals surface area contributed by atoms with Gasteiger partial charge in [-0.1, -0.05) is 32.0 Å². The normalized spacial score (nSPS) is 10.4. The zero-order valence-corrected chi connectivity index (χ0v) is 14.3. The van der Waals surface area contributed by atoms with Crippen molar-refractivity contribution < 1.29 is 18.7 Å². The third kappa shape index (κ3) is 4.85. The number of amides is 2. The predicted molar refractivity (Wildman–Crippen MR) is 88.0 cm³/mol. The highest BCUT2D eigenvalue weighted by molar-refractivity contribution is 9.10. The van der Waals surface area contributed by atoms with E-state index in [2.05, 4.69) is 26.8 Å². The molecule has 1 heterocycles. The Labute approximate surface area is 142 Å². The molecule has 6 nitrogen and oxygen atoms in total. The average Bonchev–Trinajstić information content (AvgIpc) is 2.97. The summed E-state index contributed by atoms with van der Waals surface area (Å²) in [6, 6.07) is 10.6. The van der Waals surface area contributed by atoms with Crippen LogP contribution in [0.3, 0.4) is 0 Å². The smallest absolute Gasteiger partial charge is 0.305 e. The summed E-state index contributed by atoms with van der Waals surface area (Å²) in [5.74, 6) is 0.00251. The molecule has 1 aromatic heterocycles. The summed E-state index contributed by atoms with van der Waals surface area (Å²) in [6.45, 7) is 3.89. The van der Waals surface area contributed by atoms with Gasteiger partial charge in [0.15, 0.2) is 17.0 Å². The maximum Gasteiger partial charge on any atom is 0.305 e. The first-order chi connectivity index (χ1) is 11.0. The van der Waals surface area contributed by atoms with Gasteiger partial charge >= 0.3 is 5.91 Å². The Bertz CT molecular complexity index is 697. The van der Waals surface area contributed by atoms with Crippen LogP contribution in [0.4, 0.5) is 0 Å². The van der Waals surface area contributed by atoms with Crippen molar-refractivity contribution in [3.63, 3.8) is 0 Å². The number of furan rings is 1. The number of hydrogen-bond donors (Lipinski definition) is 2. The fourth-order valence-corrected chi connectivity index (χ4v) is 2.20. The molecule has 0 spiro atoms. The Morgan fingerprint density at radius 3 is 2.57 bits per heavy atom. The summed E-state index contributed by atoms with van der Waals surface area (Å²) >= 11 is 3.10. The molecule has 0 bridgehead atoms. The summed E-state index contributed by atoms with van der Waals surface area (Å²) in [4.78, 5) is 23.4. The summed E-state index contributed by atoms with van der Waals surface area (Å²) in [5, 5.41) is 0. The van der Waals surface area contributed by atoms with Crippen molar-refractivity contribution in [3.05, 3.63) is 52.4 Å². The molecule has 2 rings (SSSR count). The number of para-hydroxylation sites is 1. The molecule has 1 aromatic carbocycles. The van der Waals surface area contributed by atoms with Crippen LogP contribution in [0.15, 0.2) is 45.5 Å². The van der Waals surface area contributed by atoms with E-state index in [9.17, 15) is 9.59 Å². The van der Waals surface area contributed by atoms with Crippen molar-refractivity contribution >= 4 is 27.7 Å². The van der Waals surface area contributed by atoms with Gasteiger partial charge in [0.2, 0.25) is 0 Å². The van der Waals surface area contributed by atoms with Crippen molar-refractivity contribution in [2.45, 2.75) is 19.8 Å². The van der Waals surface area contributed by atoms with Gasteiger partial charge in [0.05, 0.1) is 0 Å². The molecular formula is C16H17BrN2O4. The van der Waals surface area contributed by atoms with Gasteiger partial charge in [-0.05, 0) is 45.6 Å². The van der Waals surface area contributed by atoms with Crippen LogP contribution in [-0.2, 0) is 4.79 Å². The minimum Gasteiger partial charge on any atom is -0.483 e. The quantitative estimate of drug-likeness (QED) is 0.781. The molecule has 0 saturated heterocycles.